The third-order valence-corrected chi connectivity index (χ3v) is 5.78. The summed E-state index contributed by atoms with van der Waals surface area (Å²) in [7, 11) is -1.07. The quantitative estimate of drug-likeness (QED) is 0.786. The molecule has 6 heteroatoms. The molecule has 0 aliphatic carbocycles. The lowest BCUT2D eigenvalue weighted by Gasteiger charge is -2.35. The van der Waals surface area contributed by atoms with Crippen LogP contribution in [0.25, 0.3) is 0 Å². The number of hydrogen-bond donors (Lipinski definition) is 2. The number of nitrogens with zero attached hydrogens (tertiary/aromatic N) is 1. The highest BCUT2D eigenvalue weighted by molar-refractivity contribution is 7.89. The van der Waals surface area contributed by atoms with Crippen LogP contribution in [0.3, 0.4) is 0 Å². The third kappa shape index (κ3) is 4.70. The molecule has 0 spiro atoms. The Balaban J connectivity index is 1.86. The second kappa shape index (κ2) is 6.52. The van der Waals surface area contributed by atoms with E-state index in [1.807, 2.05) is 0 Å². The van der Waals surface area contributed by atoms with Crippen molar-refractivity contribution in [2.24, 2.45) is 5.92 Å². The normalized spacial score (nSPS) is 34.3. The van der Waals surface area contributed by atoms with Gasteiger partial charge in [-0.3, -0.25) is 0 Å². The van der Waals surface area contributed by atoms with Gasteiger partial charge in [0, 0.05) is 18.6 Å². The van der Waals surface area contributed by atoms with Crippen LogP contribution in [0.4, 0.5) is 0 Å². The second-order valence-electron chi connectivity index (χ2n) is 6.18. The minimum atomic E-state index is -3.16. The van der Waals surface area contributed by atoms with Crippen molar-refractivity contribution >= 4 is 10.0 Å². The lowest BCUT2D eigenvalue weighted by Crippen LogP contribution is -2.51. The summed E-state index contributed by atoms with van der Waals surface area (Å²) in [4.78, 5) is 2.26. The molecule has 112 valence electrons. The minimum absolute atomic E-state index is 0.102. The van der Waals surface area contributed by atoms with Gasteiger partial charge in [0.15, 0.2) is 0 Å². The van der Waals surface area contributed by atoms with Crippen LogP contribution in [-0.2, 0) is 10.0 Å². The molecule has 2 aliphatic rings. The predicted molar refractivity (Wildman–Crippen MR) is 77.6 cm³/mol. The molecule has 3 unspecified atom stereocenters. The van der Waals surface area contributed by atoms with Gasteiger partial charge in [-0.05, 0) is 45.3 Å². The van der Waals surface area contributed by atoms with Crippen LogP contribution in [0.1, 0.15) is 32.6 Å². The van der Waals surface area contributed by atoms with E-state index in [0.717, 1.165) is 45.3 Å². The first-order valence-electron chi connectivity index (χ1n) is 7.38. The molecule has 2 rings (SSSR count). The molecule has 0 aromatic heterocycles. The Hall–Kier alpha value is -0.170. The summed E-state index contributed by atoms with van der Waals surface area (Å²) in [6, 6.07) is 0.234. The highest BCUT2D eigenvalue weighted by Gasteiger charge is 2.29. The van der Waals surface area contributed by atoms with E-state index < -0.39 is 10.0 Å². The molecule has 2 saturated heterocycles. The zero-order valence-electron chi connectivity index (χ0n) is 12.1. The molecule has 0 aromatic rings. The molecular formula is C13H27N3O2S. The summed E-state index contributed by atoms with van der Waals surface area (Å²) >= 11 is 0. The van der Waals surface area contributed by atoms with Crippen molar-refractivity contribution < 1.29 is 8.42 Å². The van der Waals surface area contributed by atoms with Crippen molar-refractivity contribution in [1.29, 1.82) is 0 Å². The van der Waals surface area contributed by atoms with E-state index in [1.165, 1.54) is 0 Å². The first kappa shape index (κ1) is 15.2. The van der Waals surface area contributed by atoms with Gasteiger partial charge in [0.25, 0.3) is 0 Å². The average molecular weight is 289 g/mol. The Morgan fingerprint density at radius 1 is 1.32 bits per heavy atom. The lowest BCUT2D eigenvalue weighted by atomic mass is 9.95. The van der Waals surface area contributed by atoms with Gasteiger partial charge in [0.05, 0.1) is 5.75 Å². The summed E-state index contributed by atoms with van der Waals surface area (Å²) in [5.41, 5.74) is 0. The maximum atomic E-state index is 12.2. The molecule has 0 amide bonds. The van der Waals surface area contributed by atoms with Crippen molar-refractivity contribution in [2.45, 2.75) is 44.7 Å². The average Bonchev–Trinajstić information content (AvgIpc) is 2.33. The molecular weight excluding hydrogens is 262 g/mol. The van der Waals surface area contributed by atoms with Gasteiger partial charge in [0.2, 0.25) is 10.0 Å². The van der Waals surface area contributed by atoms with E-state index in [0.29, 0.717) is 5.92 Å². The summed E-state index contributed by atoms with van der Waals surface area (Å²) in [5, 5.41) is 3.30. The fourth-order valence-corrected chi connectivity index (χ4v) is 4.86. The Labute approximate surface area is 117 Å². The highest BCUT2D eigenvalue weighted by atomic mass is 32.2. The maximum absolute atomic E-state index is 12.2. The number of likely N-dealkylation sites (tertiary alicyclic amines) is 1. The monoisotopic (exact) mass is 289 g/mol. The molecule has 19 heavy (non-hydrogen) atoms. The second-order valence-corrected chi connectivity index (χ2v) is 7.98. The number of sulfonamides is 1. The topological polar surface area (TPSA) is 61.4 Å². The smallest absolute Gasteiger partial charge is 0.213 e. The van der Waals surface area contributed by atoms with Gasteiger partial charge >= 0.3 is 0 Å². The van der Waals surface area contributed by atoms with Crippen LogP contribution in [0.15, 0.2) is 0 Å². The van der Waals surface area contributed by atoms with Crippen LogP contribution >= 0.6 is 0 Å². The van der Waals surface area contributed by atoms with E-state index in [-0.39, 0.29) is 17.8 Å². The van der Waals surface area contributed by atoms with E-state index >= 15 is 0 Å². The van der Waals surface area contributed by atoms with Gasteiger partial charge in [0.1, 0.15) is 0 Å². The lowest BCUT2D eigenvalue weighted by molar-refractivity contribution is 0.188. The van der Waals surface area contributed by atoms with Gasteiger partial charge in [-0.15, -0.1) is 0 Å². The predicted octanol–water partition coefficient (Wildman–Crippen LogP) is 0.388. The largest absolute Gasteiger partial charge is 0.313 e. The maximum Gasteiger partial charge on any atom is 0.213 e. The van der Waals surface area contributed by atoms with Gasteiger partial charge in [-0.25, -0.2) is 13.1 Å². The van der Waals surface area contributed by atoms with Gasteiger partial charge < -0.3 is 10.2 Å². The Morgan fingerprint density at radius 3 is 2.74 bits per heavy atom. The van der Waals surface area contributed by atoms with Crippen LogP contribution < -0.4 is 10.0 Å². The van der Waals surface area contributed by atoms with E-state index in [4.69, 9.17) is 0 Å². The summed E-state index contributed by atoms with van der Waals surface area (Å²) < 4.78 is 27.4. The van der Waals surface area contributed by atoms with Crippen molar-refractivity contribution in [2.75, 3.05) is 32.4 Å². The van der Waals surface area contributed by atoms with Crippen LogP contribution in [0.2, 0.25) is 0 Å². The van der Waals surface area contributed by atoms with Crippen LogP contribution in [-0.4, -0.2) is 57.8 Å². The molecule has 0 aromatic carbocycles. The van der Waals surface area contributed by atoms with Crippen molar-refractivity contribution in [3.05, 3.63) is 0 Å². The molecule has 2 aliphatic heterocycles. The summed E-state index contributed by atoms with van der Waals surface area (Å²) in [5.74, 6) is 0.610. The molecule has 0 bridgehead atoms. The fourth-order valence-electron chi connectivity index (χ4n) is 3.14. The van der Waals surface area contributed by atoms with Crippen molar-refractivity contribution in [3.8, 4) is 0 Å². The number of hydrogen-bond acceptors (Lipinski definition) is 4. The Morgan fingerprint density at radius 2 is 2.11 bits per heavy atom. The molecule has 2 fully saturated rings. The van der Waals surface area contributed by atoms with Crippen molar-refractivity contribution in [1.82, 2.24) is 14.9 Å². The number of piperidine rings is 2. The molecule has 2 N–H and O–H groups in total. The summed E-state index contributed by atoms with van der Waals surface area (Å²) in [6.07, 6.45) is 4.19. The third-order valence-electron chi connectivity index (χ3n) is 4.27. The SMILES string of the molecule is CC1CN(C)CCC1NS(=O)(=O)CC1CCCCN1. The first-order valence-corrected chi connectivity index (χ1v) is 9.03. The van der Waals surface area contributed by atoms with E-state index in [2.05, 4.69) is 28.9 Å². The molecule has 3 atom stereocenters. The molecule has 2 heterocycles. The van der Waals surface area contributed by atoms with Crippen molar-refractivity contribution in [3.63, 3.8) is 0 Å². The van der Waals surface area contributed by atoms with Gasteiger partial charge in [-0.1, -0.05) is 13.3 Å². The Bertz CT molecular complexity index is 379. The molecule has 5 nitrogen and oxygen atoms in total. The van der Waals surface area contributed by atoms with Gasteiger partial charge in [-0.2, -0.15) is 0 Å². The fraction of sp³-hybridized carbons (Fsp3) is 1.00. The minimum Gasteiger partial charge on any atom is -0.313 e. The van der Waals surface area contributed by atoms with Crippen LogP contribution in [0, 0.1) is 5.92 Å². The van der Waals surface area contributed by atoms with E-state index in [9.17, 15) is 8.42 Å². The Kier molecular flexibility index (Phi) is 5.22. The molecule has 0 saturated carbocycles. The number of nitrogens with one attached hydrogen (secondary N) is 2. The number of rotatable bonds is 4. The standard InChI is InChI=1S/C13H27N3O2S/c1-11-9-16(2)8-6-13(11)15-19(17,18)10-12-5-3-4-7-14-12/h11-15H,3-10H2,1-2H3. The van der Waals surface area contributed by atoms with E-state index in [1.54, 1.807) is 0 Å². The zero-order chi connectivity index (χ0) is 13.9. The first-order chi connectivity index (χ1) is 8.96. The summed E-state index contributed by atoms with van der Waals surface area (Å²) in [6.45, 7) is 5.01. The highest BCUT2D eigenvalue weighted by Crippen LogP contribution is 2.17. The zero-order valence-corrected chi connectivity index (χ0v) is 12.9. The molecule has 0 radical (unpaired) electrons. The van der Waals surface area contributed by atoms with Crippen LogP contribution in [0.5, 0.6) is 0 Å².